The number of hydrogen-bond donors (Lipinski definition) is 2. The first kappa shape index (κ1) is 14.1. The summed E-state index contributed by atoms with van der Waals surface area (Å²) in [6, 6.07) is 5.39. The van der Waals surface area contributed by atoms with E-state index in [2.05, 4.69) is 20.4 Å². The second-order valence-electron chi connectivity index (χ2n) is 4.21. The molecule has 0 fully saturated rings. The summed E-state index contributed by atoms with van der Waals surface area (Å²) in [4.78, 5) is 8.34. The molecule has 3 N–H and O–H groups in total. The molecular weight excluding hydrogens is 304 g/mol. The monoisotopic (exact) mass is 318 g/mol. The van der Waals surface area contributed by atoms with E-state index >= 15 is 0 Å². The number of ether oxygens (including phenoxy) is 2. The summed E-state index contributed by atoms with van der Waals surface area (Å²) in [7, 11) is 3.18. The Morgan fingerprint density at radius 3 is 2.82 bits per heavy atom. The zero-order valence-electron chi connectivity index (χ0n) is 12.0. The first-order valence-corrected chi connectivity index (χ1v) is 7.20. The van der Waals surface area contributed by atoms with Crippen LogP contribution < -0.4 is 20.5 Å². The number of rotatable bonds is 5. The van der Waals surface area contributed by atoms with Gasteiger partial charge in [0.2, 0.25) is 17.0 Å². The van der Waals surface area contributed by atoms with Crippen molar-refractivity contribution in [3.63, 3.8) is 0 Å². The van der Waals surface area contributed by atoms with Gasteiger partial charge in [0.15, 0.2) is 0 Å². The van der Waals surface area contributed by atoms with Crippen LogP contribution in [0.4, 0.5) is 17.6 Å². The van der Waals surface area contributed by atoms with Crippen LogP contribution >= 0.6 is 11.3 Å². The van der Waals surface area contributed by atoms with Crippen molar-refractivity contribution in [1.82, 2.24) is 19.7 Å². The number of nitrogens with zero attached hydrogens (tertiary/aromatic N) is 4. The molecule has 0 amide bonds. The number of thiazole rings is 1. The van der Waals surface area contributed by atoms with E-state index in [-0.39, 0.29) is 5.95 Å². The molecule has 22 heavy (non-hydrogen) atoms. The van der Waals surface area contributed by atoms with Gasteiger partial charge in [-0.15, -0.1) is 16.4 Å². The van der Waals surface area contributed by atoms with E-state index in [1.165, 1.54) is 16.0 Å². The van der Waals surface area contributed by atoms with Gasteiger partial charge in [0.25, 0.3) is 0 Å². The smallest absolute Gasteiger partial charge is 0.249 e. The molecule has 114 valence electrons. The van der Waals surface area contributed by atoms with Crippen LogP contribution in [0.1, 0.15) is 0 Å². The van der Waals surface area contributed by atoms with Crippen LogP contribution in [0.5, 0.6) is 11.5 Å². The number of benzene rings is 1. The molecule has 0 aliphatic rings. The molecule has 0 atom stereocenters. The topological polar surface area (TPSA) is 100 Å². The molecule has 0 unspecified atom stereocenters. The normalized spacial score (nSPS) is 10.5. The van der Waals surface area contributed by atoms with Crippen LogP contribution in [0, 0.1) is 0 Å². The summed E-state index contributed by atoms with van der Waals surface area (Å²) < 4.78 is 12.0. The number of hydrogen-bond acceptors (Lipinski definition) is 8. The van der Waals surface area contributed by atoms with Gasteiger partial charge in [0.1, 0.15) is 11.5 Å². The van der Waals surface area contributed by atoms with Crippen molar-refractivity contribution in [3.8, 4) is 16.6 Å². The molecule has 3 rings (SSSR count). The molecule has 0 bridgehead atoms. The van der Waals surface area contributed by atoms with Crippen molar-refractivity contribution >= 4 is 28.9 Å². The van der Waals surface area contributed by atoms with Crippen LogP contribution in [0.25, 0.3) is 5.13 Å². The summed E-state index contributed by atoms with van der Waals surface area (Å²) in [5.41, 5.74) is 6.55. The quantitative estimate of drug-likeness (QED) is 0.742. The van der Waals surface area contributed by atoms with E-state index < -0.39 is 0 Å². The molecule has 2 aromatic heterocycles. The molecule has 9 heteroatoms. The Kier molecular flexibility index (Phi) is 3.79. The average molecular weight is 318 g/mol. The molecular formula is C13H14N6O2S. The van der Waals surface area contributed by atoms with Gasteiger partial charge in [-0.3, -0.25) is 0 Å². The molecule has 0 saturated carbocycles. The minimum atomic E-state index is 0.249. The van der Waals surface area contributed by atoms with Gasteiger partial charge < -0.3 is 20.5 Å². The summed E-state index contributed by atoms with van der Waals surface area (Å²) in [6.45, 7) is 0. The lowest BCUT2D eigenvalue weighted by Crippen LogP contribution is -2.01. The molecule has 3 aromatic rings. The maximum atomic E-state index is 5.87. The lowest BCUT2D eigenvalue weighted by atomic mass is 10.2. The Labute approximate surface area is 130 Å². The molecule has 0 spiro atoms. The fourth-order valence-corrected chi connectivity index (χ4v) is 2.47. The molecule has 1 aromatic carbocycles. The van der Waals surface area contributed by atoms with E-state index in [1.807, 2.05) is 5.38 Å². The summed E-state index contributed by atoms with van der Waals surface area (Å²) in [6.07, 6.45) is 1.68. The van der Waals surface area contributed by atoms with E-state index in [1.54, 1.807) is 38.6 Å². The molecule has 0 aliphatic heterocycles. The Hall–Kier alpha value is -2.81. The molecule has 8 nitrogen and oxygen atoms in total. The Morgan fingerprint density at radius 1 is 1.27 bits per heavy atom. The Balaban J connectivity index is 1.92. The summed E-state index contributed by atoms with van der Waals surface area (Å²) in [5.74, 6) is 1.93. The van der Waals surface area contributed by atoms with Crippen LogP contribution in [0.3, 0.4) is 0 Å². The van der Waals surface area contributed by atoms with E-state index in [0.717, 1.165) is 0 Å². The average Bonchev–Trinajstić information content (AvgIpc) is 3.16. The molecule has 0 radical (unpaired) electrons. The maximum Gasteiger partial charge on any atom is 0.249 e. The highest BCUT2D eigenvalue weighted by Gasteiger charge is 2.13. The van der Waals surface area contributed by atoms with Crippen molar-refractivity contribution in [1.29, 1.82) is 0 Å². The number of aromatic nitrogens is 4. The number of nitrogens with two attached hydrogens (primary N) is 1. The van der Waals surface area contributed by atoms with E-state index in [9.17, 15) is 0 Å². The second-order valence-corrected chi connectivity index (χ2v) is 5.08. The van der Waals surface area contributed by atoms with Gasteiger partial charge in [-0.25, -0.2) is 4.98 Å². The largest absolute Gasteiger partial charge is 0.497 e. The van der Waals surface area contributed by atoms with Crippen molar-refractivity contribution in [2.45, 2.75) is 0 Å². The van der Waals surface area contributed by atoms with Gasteiger partial charge >= 0.3 is 0 Å². The molecule has 0 saturated heterocycles. The lowest BCUT2D eigenvalue weighted by molar-refractivity contribution is 0.405. The SMILES string of the molecule is COc1ccc(OC)c(Nc2nc(N)n(-c3nccs3)n2)c1. The minimum Gasteiger partial charge on any atom is -0.497 e. The van der Waals surface area contributed by atoms with Gasteiger partial charge in [-0.2, -0.15) is 9.67 Å². The van der Waals surface area contributed by atoms with Gasteiger partial charge in [-0.05, 0) is 12.1 Å². The first-order valence-electron chi connectivity index (χ1n) is 6.32. The second kappa shape index (κ2) is 5.90. The summed E-state index contributed by atoms with van der Waals surface area (Å²) in [5, 5.41) is 9.86. The van der Waals surface area contributed by atoms with Crippen LogP contribution in [0.2, 0.25) is 0 Å². The van der Waals surface area contributed by atoms with Gasteiger partial charge in [0, 0.05) is 17.6 Å². The Bertz CT molecular complexity index is 771. The van der Waals surface area contributed by atoms with Crippen molar-refractivity contribution in [3.05, 3.63) is 29.8 Å². The number of nitrogens with one attached hydrogen (secondary N) is 1. The predicted octanol–water partition coefficient (Wildman–Crippen LogP) is 2.07. The third-order valence-electron chi connectivity index (χ3n) is 2.89. The highest BCUT2D eigenvalue weighted by molar-refractivity contribution is 7.12. The highest BCUT2D eigenvalue weighted by Crippen LogP contribution is 2.31. The molecule has 2 heterocycles. The third-order valence-corrected chi connectivity index (χ3v) is 3.63. The molecule has 0 aliphatic carbocycles. The van der Waals surface area contributed by atoms with Gasteiger partial charge in [0.05, 0.1) is 19.9 Å². The van der Waals surface area contributed by atoms with Crippen LogP contribution in [-0.2, 0) is 0 Å². The van der Waals surface area contributed by atoms with Gasteiger partial charge in [-0.1, -0.05) is 0 Å². The predicted molar refractivity (Wildman–Crippen MR) is 84.3 cm³/mol. The Morgan fingerprint density at radius 2 is 2.14 bits per heavy atom. The zero-order chi connectivity index (χ0) is 15.5. The van der Waals surface area contributed by atoms with E-state index in [0.29, 0.717) is 28.3 Å². The maximum absolute atomic E-state index is 5.87. The lowest BCUT2D eigenvalue weighted by Gasteiger charge is -2.10. The van der Waals surface area contributed by atoms with Crippen LogP contribution in [0.15, 0.2) is 29.8 Å². The zero-order valence-corrected chi connectivity index (χ0v) is 12.8. The number of nitrogen functional groups attached to an aromatic ring is 1. The fraction of sp³-hybridized carbons (Fsp3) is 0.154. The third kappa shape index (κ3) is 2.66. The van der Waals surface area contributed by atoms with Crippen molar-refractivity contribution < 1.29 is 9.47 Å². The minimum absolute atomic E-state index is 0.249. The van der Waals surface area contributed by atoms with E-state index in [4.69, 9.17) is 15.2 Å². The number of anilines is 3. The standard InChI is InChI=1S/C13H14N6O2S/c1-20-8-3-4-10(21-2)9(7-8)16-12-17-11(14)19(18-12)13-15-5-6-22-13/h3-7H,1-2H3,(H3,14,16,17,18). The van der Waals surface area contributed by atoms with Crippen molar-refractivity contribution in [2.24, 2.45) is 0 Å². The highest BCUT2D eigenvalue weighted by atomic mass is 32.1. The van der Waals surface area contributed by atoms with Crippen LogP contribution in [-0.4, -0.2) is 34.0 Å². The number of methoxy groups -OCH3 is 2. The fourth-order valence-electron chi connectivity index (χ4n) is 1.87. The summed E-state index contributed by atoms with van der Waals surface area (Å²) >= 11 is 1.42. The van der Waals surface area contributed by atoms with Crippen molar-refractivity contribution in [2.75, 3.05) is 25.3 Å². The first-order chi connectivity index (χ1) is 10.7.